The molecule has 2 N–H and O–H groups in total. The molecule has 0 aliphatic heterocycles. The van der Waals surface area contributed by atoms with Gasteiger partial charge in [0, 0.05) is 11.4 Å². The highest BCUT2D eigenvalue weighted by Gasteiger charge is 2.14. The number of carbonyl (C=O) groups is 2. The van der Waals surface area contributed by atoms with E-state index in [9.17, 15) is 14.0 Å². The number of halogens is 2. The summed E-state index contributed by atoms with van der Waals surface area (Å²) in [7, 11) is 2.45. The molecule has 0 atom stereocenters. The fourth-order valence-corrected chi connectivity index (χ4v) is 2.39. The Balaban J connectivity index is 2.23. The van der Waals surface area contributed by atoms with E-state index < -0.39 is 17.8 Å². The summed E-state index contributed by atoms with van der Waals surface area (Å²) in [5, 5.41) is 5.69. The van der Waals surface area contributed by atoms with Crippen LogP contribution in [0.4, 0.5) is 15.8 Å². The standard InChI is InChI=1S/C17H14ClFN2O4S/c1-24-15(22)9-5-10(16(23)25-2)7-12(6-9)21-17(26)20-11-3-4-13(18)14(19)8-11/h3-8H,1-2H3,(H2,20,21,26). The van der Waals surface area contributed by atoms with Gasteiger partial charge < -0.3 is 20.1 Å². The Morgan fingerprint density at radius 3 is 2.00 bits per heavy atom. The largest absolute Gasteiger partial charge is 0.465 e. The smallest absolute Gasteiger partial charge is 0.337 e. The number of benzene rings is 2. The lowest BCUT2D eigenvalue weighted by Crippen LogP contribution is -2.20. The molecule has 9 heteroatoms. The highest BCUT2D eigenvalue weighted by atomic mass is 35.5. The number of ether oxygens (including phenoxy) is 2. The first-order valence-corrected chi connectivity index (χ1v) is 7.97. The van der Waals surface area contributed by atoms with Crippen LogP contribution in [0.1, 0.15) is 20.7 Å². The second-order valence-electron chi connectivity index (χ2n) is 4.99. The number of esters is 2. The van der Waals surface area contributed by atoms with Crippen LogP contribution < -0.4 is 10.6 Å². The molecule has 2 aromatic carbocycles. The van der Waals surface area contributed by atoms with Crippen LogP contribution in [0.3, 0.4) is 0 Å². The maximum atomic E-state index is 13.5. The molecule has 0 saturated carbocycles. The van der Waals surface area contributed by atoms with Crippen molar-refractivity contribution in [2.24, 2.45) is 0 Å². The second kappa shape index (κ2) is 8.59. The van der Waals surface area contributed by atoms with Crippen molar-refractivity contribution in [3.05, 3.63) is 58.4 Å². The lowest BCUT2D eigenvalue weighted by molar-refractivity contribution is 0.0599. The molecule has 0 spiro atoms. The molecule has 136 valence electrons. The molecule has 0 aliphatic carbocycles. The Bertz CT molecular complexity index is 842. The minimum atomic E-state index is -0.627. The van der Waals surface area contributed by atoms with E-state index in [1.807, 2.05) is 0 Å². The Morgan fingerprint density at radius 2 is 1.50 bits per heavy atom. The first kappa shape index (κ1) is 19.6. The zero-order chi connectivity index (χ0) is 19.3. The van der Waals surface area contributed by atoms with E-state index in [0.29, 0.717) is 11.4 Å². The fraction of sp³-hybridized carbons (Fsp3) is 0.118. The number of nitrogens with one attached hydrogen (secondary N) is 2. The zero-order valence-electron chi connectivity index (χ0n) is 13.8. The molecule has 2 aromatic rings. The SMILES string of the molecule is COC(=O)c1cc(NC(=S)Nc2ccc(Cl)c(F)c2)cc(C(=O)OC)c1. The molecule has 0 saturated heterocycles. The summed E-state index contributed by atoms with van der Waals surface area (Å²) in [6.45, 7) is 0. The molecule has 26 heavy (non-hydrogen) atoms. The molecule has 0 aliphatic rings. The zero-order valence-corrected chi connectivity index (χ0v) is 15.3. The minimum Gasteiger partial charge on any atom is -0.465 e. The highest BCUT2D eigenvalue weighted by Crippen LogP contribution is 2.20. The van der Waals surface area contributed by atoms with E-state index >= 15 is 0 Å². The van der Waals surface area contributed by atoms with E-state index in [4.69, 9.17) is 23.8 Å². The Hall–Kier alpha value is -2.71. The molecule has 0 radical (unpaired) electrons. The van der Waals surface area contributed by atoms with Crippen molar-refractivity contribution < 1.29 is 23.5 Å². The van der Waals surface area contributed by atoms with Gasteiger partial charge in [-0.15, -0.1) is 0 Å². The number of carbonyl (C=O) groups excluding carboxylic acids is 2. The van der Waals surface area contributed by atoms with Crippen LogP contribution in [0, 0.1) is 5.82 Å². The summed E-state index contributed by atoms with van der Waals surface area (Å²) in [5.74, 6) is -1.85. The predicted octanol–water partition coefficient (Wildman–Crippen LogP) is 3.86. The Kier molecular flexibility index (Phi) is 6.48. The van der Waals surface area contributed by atoms with Crippen molar-refractivity contribution in [3.63, 3.8) is 0 Å². The fourth-order valence-electron chi connectivity index (χ4n) is 2.04. The normalized spacial score (nSPS) is 10.0. The van der Waals surface area contributed by atoms with Crippen molar-refractivity contribution in [3.8, 4) is 0 Å². The third kappa shape index (κ3) is 4.90. The molecular weight excluding hydrogens is 383 g/mol. The van der Waals surface area contributed by atoms with Gasteiger partial charge in [-0.05, 0) is 48.6 Å². The van der Waals surface area contributed by atoms with Gasteiger partial charge in [0.25, 0.3) is 0 Å². The first-order chi connectivity index (χ1) is 12.3. The summed E-state index contributed by atoms with van der Waals surface area (Å²) >= 11 is 10.8. The van der Waals surface area contributed by atoms with Crippen LogP contribution in [0.5, 0.6) is 0 Å². The van der Waals surface area contributed by atoms with Crippen LogP contribution in [-0.4, -0.2) is 31.3 Å². The number of rotatable bonds is 4. The maximum absolute atomic E-state index is 13.5. The van der Waals surface area contributed by atoms with E-state index in [2.05, 4.69) is 20.1 Å². The number of hydrogen-bond donors (Lipinski definition) is 2. The van der Waals surface area contributed by atoms with E-state index in [1.54, 1.807) is 6.07 Å². The van der Waals surface area contributed by atoms with E-state index in [0.717, 1.165) is 0 Å². The van der Waals surface area contributed by atoms with Gasteiger partial charge in [0.2, 0.25) is 0 Å². The van der Waals surface area contributed by atoms with Gasteiger partial charge in [0.05, 0.1) is 30.4 Å². The van der Waals surface area contributed by atoms with Crippen LogP contribution in [0.2, 0.25) is 5.02 Å². The molecule has 2 rings (SSSR count). The van der Waals surface area contributed by atoms with Crippen LogP contribution in [0.15, 0.2) is 36.4 Å². The third-order valence-electron chi connectivity index (χ3n) is 3.21. The Morgan fingerprint density at radius 1 is 0.962 bits per heavy atom. The quantitative estimate of drug-likeness (QED) is 0.600. The number of hydrogen-bond acceptors (Lipinski definition) is 5. The summed E-state index contributed by atoms with van der Waals surface area (Å²) in [4.78, 5) is 23.5. The molecular formula is C17H14ClFN2O4S. The van der Waals surface area contributed by atoms with E-state index in [-0.39, 0.29) is 21.3 Å². The molecule has 0 fully saturated rings. The summed E-state index contributed by atoms with van der Waals surface area (Å²) in [6, 6.07) is 8.36. The monoisotopic (exact) mass is 396 g/mol. The topological polar surface area (TPSA) is 76.7 Å². The van der Waals surface area contributed by atoms with Gasteiger partial charge in [0.15, 0.2) is 5.11 Å². The third-order valence-corrected chi connectivity index (χ3v) is 3.72. The second-order valence-corrected chi connectivity index (χ2v) is 5.81. The first-order valence-electron chi connectivity index (χ1n) is 7.19. The number of anilines is 2. The molecule has 0 heterocycles. The Labute approximate surface area is 159 Å². The lowest BCUT2D eigenvalue weighted by atomic mass is 10.1. The highest BCUT2D eigenvalue weighted by molar-refractivity contribution is 7.80. The molecule has 0 aromatic heterocycles. The maximum Gasteiger partial charge on any atom is 0.337 e. The summed E-state index contributed by atoms with van der Waals surface area (Å²) in [5.41, 5.74) is 0.999. The van der Waals surface area contributed by atoms with Crippen molar-refractivity contribution in [1.82, 2.24) is 0 Å². The van der Waals surface area contributed by atoms with Gasteiger partial charge in [-0.25, -0.2) is 14.0 Å². The van der Waals surface area contributed by atoms with Crippen molar-refractivity contribution >= 4 is 52.2 Å². The molecule has 0 unspecified atom stereocenters. The molecule has 0 bridgehead atoms. The molecule has 0 amide bonds. The van der Waals surface area contributed by atoms with Gasteiger partial charge in [0.1, 0.15) is 5.82 Å². The number of thiocarbonyl (C=S) groups is 1. The lowest BCUT2D eigenvalue weighted by Gasteiger charge is -2.13. The molecule has 6 nitrogen and oxygen atoms in total. The van der Waals surface area contributed by atoms with Crippen molar-refractivity contribution in [2.75, 3.05) is 24.9 Å². The van der Waals surface area contributed by atoms with Crippen molar-refractivity contribution in [1.29, 1.82) is 0 Å². The minimum absolute atomic E-state index is 0.0112. The summed E-state index contributed by atoms with van der Waals surface area (Å²) in [6.07, 6.45) is 0. The van der Waals surface area contributed by atoms with Gasteiger partial charge in [-0.1, -0.05) is 11.6 Å². The van der Waals surface area contributed by atoms with Gasteiger partial charge in [-0.2, -0.15) is 0 Å². The average molecular weight is 397 g/mol. The average Bonchev–Trinajstić information content (AvgIpc) is 2.62. The van der Waals surface area contributed by atoms with Crippen molar-refractivity contribution in [2.45, 2.75) is 0 Å². The van der Waals surface area contributed by atoms with Crippen LogP contribution in [-0.2, 0) is 9.47 Å². The van der Waals surface area contributed by atoms with Gasteiger partial charge >= 0.3 is 11.9 Å². The van der Waals surface area contributed by atoms with E-state index in [1.165, 1.54) is 44.6 Å². The predicted molar refractivity (Wildman–Crippen MR) is 100 cm³/mol. The van der Waals surface area contributed by atoms with Crippen LogP contribution >= 0.6 is 23.8 Å². The van der Waals surface area contributed by atoms with Crippen LogP contribution in [0.25, 0.3) is 0 Å². The number of methoxy groups -OCH3 is 2. The summed E-state index contributed by atoms with van der Waals surface area (Å²) < 4.78 is 22.8. The van der Waals surface area contributed by atoms with Gasteiger partial charge in [-0.3, -0.25) is 0 Å².